The average molecular weight is 447 g/mol. The van der Waals surface area contributed by atoms with E-state index in [1.54, 1.807) is 16.1 Å². The Hall–Kier alpha value is -2.12. The second-order valence-corrected chi connectivity index (χ2v) is 9.29. The van der Waals surface area contributed by atoms with Crippen LogP contribution in [0.15, 0.2) is 57.9 Å². The first-order valence-electron chi connectivity index (χ1n) is 8.67. The van der Waals surface area contributed by atoms with Crippen LogP contribution >= 0.6 is 15.9 Å². The van der Waals surface area contributed by atoms with Crippen molar-refractivity contribution in [1.29, 1.82) is 0 Å². The topological polar surface area (TPSA) is 71.3 Å². The number of rotatable bonds is 5. The fourth-order valence-electron chi connectivity index (χ4n) is 3.01. The molecule has 0 spiro atoms. The van der Waals surface area contributed by atoms with Crippen LogP contribution in [0, 0.1) is 5.41 Å². The van der Waals surface area contributed by atoms with E-state index in [0.717, 1.165) is 29.4 Å². The molecule has 0 aliphatic heterocycles. The Bertz CT molecular complexity index is 1060. The SMILES string of the molecule is CC1(C(=O)NCc2cc3cc(O)c(Br)cc3n2S(=O)c2ccccc2)CC1. The molecular weight excluding hydrogens is 428 g/mol. The molecule has 1 atom stereocenters. The summed E-state index contributed by atoms with van der Waals surface area (Å²) in [4.78, 5) is 13.0. The zero-order valence-electron chi connectivity index (χ0n) is 14.7. The third-order valence-electron chi connectivity index (χ3n) is 4.99. The number of halogens is 1. The summed E-state index contributed by atoms with van der Waals surface area (Å²) in [6.45, 7) is 2.23. The average Bonchev–Trinajstić information content (AvgIpc) is 3.33. The molecule has 4 rings (SSSR count). The molecule has 27 heavy (non-hydrogen) atoms. The number of amides is 1. The van der Waals surface area contributed by atoms with E-state index < -0.39 is 11.0 Å². The van der Waals surface area contributed by atoms with Gasteiger partial charge < -0.3 is 10.4 Å². The Labute approximate surface area is 168 Å². The van der Waals surface area contributed by atoms with Crippen molar-refractivity contribution in [1.82, 2.24) is 9.29 Å². The van der Waals surface area contributed by atoms with Crippen molar-refractivity contribution in [2.45, 2.75) is 31.2 Å². The number of benzene rings is 2. The Morgan fingerprint density at radius 1 is 1.26 bits per heavy atom. The number of carbonyl (C=O) groups excluding carboxylic acids is 1. The summed E-state index contributed by atoms with van der Waals surface area (Å²) >= 11 is 3.33. The summed E-state index contributed by atoms with van der Waals surface area (Å²) in [6.07, 6.45) is 1.80. The smallest absolute Gasteiger partial charge is 0.226 e. The van der Waals surface area contributed by atoms with Gasteiger partial charge in [-0.3, -0.25) is 8.77 Å². The number of hydrogen-bond acceptors (Lipinski definition) is 3. The normalized spacial score (nSPS) is 16.2. The molecule has 1 fully saturated rings. The van der Waals surface area contributed by atoms with Crippen LogP contribution in [0.4, 0.5) is 0 Å². The van der Waals surface area contributed by atoms with E-state index in [1.165, 1.54) is 0 Å². The molecule has 0 saturated heterocycles. The van der Waals surface area contributed by atoms with E-state index in [2.05, 4.69) is 21.2 Å². The first kappa shape index (κ1) is 18.3. The van der Waals surface area contributed by atoms with Crippen LogP contribution in [0.3, 0.4) is 0 Å². The van der Waals surface area contributed by atoms with E-state index in [1.807, 2.05) is 43.3 Å². The molecule has 7 heteroatoms. The second kappa shape index (κ2) is 6.80. The van der Waals surface area contributed by atoms with Gasteiger partial charge in [0.15, 0.2) is 11.0 Å². The van der Waals surface area contributed by atoms with Gasteiger partial charge in [0.25, 0.3) is 0 Å². The Kier molecular flexibility index (Phi) is 4.60. The first-order chi connectivity index (χ1) is 12.9. The molecule has 1 unspecified atom stereocenters. The largest absolute Gasteiger partial charge is 0.507 e. The van der Waals surface area contributed by atoms with Crippen LogP contribution in [0.1, 0.15) is 25.5 Å². The minimum atomic E-state index is -1.47. The molecule has 1 aliphatic carbocycles. The monoisotopic (exact) mass is 446 g/mol. The molecule has 1 heterocycles. The number of phenols is 1. The third-order valence-corrected chi connectivity index (χ3v) is 7.06. The number of fused-ring (bicyclic) bond motifs is 1. The van der Waals surface area contributed by atoms with Crippen molar-refractivity contribution in [3.05, 3.63) is 58.7 Å². The summed E-state index contributed by atoms with van der Waals surface area (Å²) in [6, 6.07) is 14.4. The molecule has 1 aliphatic rings. The van der Waals surface area contributed by atoms with E-state index >= 15 is 0 Å². The second-order valence-electron chi connectivity index (χ2n) is 7.10. The van der Waals surface area contributed by atoms with Gasteiger partial charge in [0.1, 0.15) is 5.75 Å². The van der Waals surface area contributed by atoms with Crippen LogP contribution in [-0.4, -0.2) is 19.2 Å². The van der Waals surface area contributed by atoms with Crippen LogP contribution in [0.25, 0.3) is 10.9 Å². The lowest BCUT2D eigenvalue weighted by atomic mass is 10.1. The molecule has 2 aromatic carbocycles. The molecular formula is C20H19BrN2O3S. The van der Waals surface area contributed by atoms with Crippen molar-refractivity contribution in [3.63, 3.8) is 0 Å². The van der Waals surface area contributed by atoms with Crippen molar-refractivity contribution < 1.29 is 14.1 Å². The summed E-state index contributed by atoms with van der Waals surface area (Å²) in [5.74, 6) is 0.139. The molecule has 1 amide bonds. The fourth-order valence-corrected chi connectivity index (χ4v) is 4.61. The summed E-state index contributed by atoms with van der Waals surface area (Å²) in [7, 11) is -1.47. The molecule has 1 saturated carbocycles. The van der Waals surface area contributed by atoms with Crippen molar-refractivity contribution in [3.8, 4) is 5.75 Å². The number of carbonyl (C=O) groups is 1. The standard InChI is InChI=1S/C20H19BrN2O3S/c1-20(7-8-20)19(25)22-12-14-9-13-10-18(24)16(21)11-17(13)23(14)27(26)15-5-3-2-4-6-15/h2-6,9-11,24H,7-8,12H2,1H3,(H,22,25). The summed E-state index contributed by atoms with van der Waals surface area (Å²) < 4.78 is 15.5. The molecule has 0 radical (unpaired) electrons. The zero-order valence-corrected chi connectivity index (χ0v) is 17.1. The number of phenolic OH excluding ortho intramolecular Hbond substituents is 1. The maximum absolute atomic E-state index is 13.3. The molecule has 2 N–H and O–H groups in total. The van der Waals surface area contributed by atoms with Crippen LogP contribution < -0.4 is 5.32 Å². The molecule has 3 aromatic rings. The van der Waals surface area contributed by atoms with Gasteiger partial charge in [0, 0.05) is 10.8 Å². The lowest BCUT2D eigenvalue weighted by Crippen LogP contribution is -2.30. The molecule has 1 aromatic heterocycles. The van der Waals surface area contributed by atoms with Crippen molar-refractivity contribution in [2.75, 3.05) is 0 Å². The number of aromatic nitrogens is 1. The Morgan fingerprint density at radius 3 is 2.63 bits per heavy atom. The van der Waals surface area contributed by atoms with Crippen LogP contribution in [0.2, 0.25) is 0 Å². The fraction of sp³-hybridized carbons (Fsp3) is 0.250. The van der Waals surface area contributed by atoms with Crippen molar-refractivity contribution >= 4 is 43.7 Å². The van der Waals surface area contributed by atoms with Gasteiger partial charge in [-0.05, 0) is 59.1 Å². The van der Waals surface area contributed by atoms with Gasteiger partial charge in [0.2, 0.25) is 5.91 Å². The summed E-state index contributed by atoms with van der Waals surface area (Å²) in [5, 5.41) is 13.7. The zero-order chi connectivity index (χ0) is 19.2. The maximum Gasteiger partial charge on any atom is 0.226 e. The lowest BCUT2D eigenvalue weighted by Gasteiger charge is -2.13. The highest BCUT2D eigenvalue weighted by Crippen LogP contribution is 2.45. The molecule has 5 nitrogen and oxygen atoms in total. The highest BCUT2D eigenvalue weighted by Gasteiger charge is 2.44. The Balaban J connectivity index is 1.77. The maximum atomic E-state index is 13.3. The van der Waals surface area contributed by atoms with Gasteiger partial charge in [0.05, 0.1) is 27.1 Å². The van der Waals surface area contributed by atoms with E-state index in [4.69, 9.17) is 0 Å². The molecule has 0 bridgehead atoms. The van der Waals surface area contributed by atoms with Gasteiger partial charge in [-0.1, -0.05) is 25.1 Å². The number of nitrogens with one attached hydrogen (secondary N) is 1. The van der Waals surface area contributed by atoms with Crippen LogP contribution in [0.5, 0.6) is 5.75 Å². The lowest BCUT2D eigenvalue weighted by molar-refractivity contribution is -0.125. The minimum Gasteiger partial charge on any atom is -0.507 e. The van der Waals surface area contributed by atoms with Gasteiger partial charge >= 0.3 is 0 Å². The number of nitrogens with zero attached hydrogens (tertiary/aromatic N) is 1. The quantitative estimate of drug-likeness (QED) is 0.619. The van der Waals surface area contributed by atoms with Gasteiger partial charge in [-0.2, -0.15) is 0 Å². The summed E-state index contributed by atoms with van der Waals surface area (Å²) in [5.41, 5.74) is 1.18. The van der Waals surface area contributed by atoms with Gasteiger partial charge in [-0.15, -0.1) is 0 Å². The predicted molar refractivity (Wildman–Crippen MR) is 109 cm³/mol. The minimum absolute atomic E-state index is 0.0221. The highest BCUT2D eigenvalue weighted by atomic mass is 79.9. The van der Waals surface area contributed by atoms with E-state index in [9.17, 15) is 14.1 Å². The number of aromatic hydroxyl groups is 1. The highest BCUT2D eigenvalue weighted by molar-refractivity contribution is 9.10. The predicted octanol–water partition coefficient (Wildman–Crippen LogP) is 4.10. The van der Waals surface area contributed by atoms with Crippen LogP contribution in [-0.2, 0) is 22.3 Å². The third kappa shape index (κ3) is 3.41. The number of hydrogen-bond donors (Lipinski definition) is 2. The van der Waals surface area contributed by atoms with E-state index in [0.29, 0.717) is 9.37 Å². The molecule has 140 valence electrons. The Morgan fingerprint density at radius 2 is 1.96 bits per heavy atom. The van der Waals surface area contributed by atoms with Gasteiger partial charge in [-0.25, -0.2) is 4.21 Å². The van der Waals surface area contributed by atoms with E-state index in [-0.39, 0.29) is 23.6 Å². The van der Waals surface area contributed by atoms with Crippen molar-refractivity contribution in [2.24, 2.45) is 5.41 Å². The first-order valence-corrected chi connectivity index (χ1v) is 10.6.